The lowest BCUT2D eigenvalue weighted by Crippen LogP contribution is -2.11. The molecule has 3 aromatic rings. The average molecular weight is 320 g/mol. The lowest BCUT2D eigenvalue weighted by Gasteiger charge is -2.07. The molecule has 0 fully saturated rings. The van der Waals surface area contributed by atoms with Crippen LogP contribution in [0.4, 0.5) is 10.1 Å². The highest BCUT2D eigenvalue weighted by molar-refractivity contribution is 7.90. The fraction of sp³-hybridized carbons (Fsp3) is 0. The van der Waals surface area contributed by atoms with Gasteiger partial charge in [0, 0.05) is 12.3 Å². The summed E-state index contributed by atoms with van der Waals surface area (Å²) in [4.78, 5) is 10.3. The molecule has 0 spiro atoms. The molecule has 1 heterocycles. The molecule has 0 atom stereocenters. The third kappa shape index (κ3) is 2.13. The number of rotatable bonds is 3. The molecule has 8 heteroatoms. The molecule has 0 aliphatic rings. The quantitative estimate of drug-likeness (QED) is 0.549. The van der Waals surface area contributed by atoms with Gasteiger partial charge in [0.25, 0.3) is 15.7 Å². The molecular weight excluding hydrogens is 311 g/mol. The Kier molecular flexibility index (Phi) is 3.18. The van der Waals surface area contributed by atoms with Crippen LogP contribution in [0.25, 0.3) is 10.9 Å². The first kappa shape index (κ1) is 14.2. The zero-order valence-corrected chi connectivity index (χ0v) is 11.8. The number of halogens is 1. The number of nitro groups is 1. The van der Waals surface area contributed by atoms with Crippen LogP contribution in [0.2, 0.25) is 0 Å². The predicted octanol–water partition coefficient (Wildman–Crippen LogP) is 2.93. The molecule has 0 aliphatic heterocycles. The Morgan fingerprint density at radius 3 is 2.36 bits per heavy atom. The molecule has 0 aliphatic carbocycles. The number of nitro benzene ring substituents is 1. The van der Waals surface area contributed by atoms with E-state index in [0.717, 1.165) is 28.2 Å². The maximum atomic E-state index is 12.9. The fourth-order valence-electron chi connectivity index (χ4n) is 2.22. The molecule has 0 N–H and O–H groups in total. The highest BCUT2D eigenvalue weighted by Crippen LogP contribution is 2.28. The van der Waals surface area contributed by atoms with Gasteiger partial charge in [0.05, 0.1) is 20.7 Å². The Morgan fingerprint density at radius 2 is 1.73 bits per heavy atom. The van der Waals surface area contributed by atoms with Crippen LogP contribution in [0.1, 0.15) is 0 Å². The summed E-state index contributed by atoms with van der Waals surface area (Å²) in [6, 6.07) is 9.94. The summed E-state index contributed by atoms with van der Waals surface area (Å²) in [5, 5.41) is 11.2. The minimum Gasteiger partial charge on any atom is -0.258 e. The SMILES string of the molecule is O=[N+]([O-])c1cccc2c1ccn2S(=O)(=O)c1ccc(F)cc1. The second kappa shape index (κ2) is 4.92. The molecule has 2 aromatic carbocycles. The molecule has 0 amide bonds. The van der Waals surface area contributed by atoms with E-state index in [2.05, 4.69) is 0 Å². The molecule has 3 rings (SSSR count). The first-order chi connectivity index (χ1) is 10.4. The van der Waals surface area contributed by atoms with E-state index in [9.17, 15) is 22.9 Å². The van der Waals surface area contributed by atoms with Gasteiger partial charge >= 0.3 is 0 Å². The van der Waals surface area contributed by atoms with E-state index >= 15 is 0 Å². The van der Waals surface area contributed by atoms with E-state index in [0.29, 0.717) is 0 Å². The van der Waals surface area contributed by atoms with Crippen molar-refractivity contribution in [1.29, 1.82) is 0 Å². The Labute approximate surface area is 124 Å². The van der Waals surface area contributed by atoms with Crippen molar-refractivity contribution in [3.63, 3.8) is 0 Å². The number of benzene rings is 2. The van der Waals surface area contributed by atoms with Gasteiger partial charge in [-0.05, 0) is 36.4 Å². The average Bonchev–Trinajstić information content (AvgIpc) is 2.92. The number of non-ortho nitro benzene ring substituents is 1. The van der Waals surface area contributed by atoms with Crippen LogP contribution in [0.15, 0.2) is 59.6 Å². The molecule has 0 saturated carbocycles. The largest absolute Gasteiger partial charge is 0.278 e. The van der Waals surface area contributed by atoms with E-state index in [1.54, 1.807) is 0 Å². The van der Waals surface area contributed by atoms with Crippen LogP contribution in [-0.2, 0) is 10.0 Å². The van der Waals surface area contributed by atoms with Crippen molar-refractivity contribution in [2.75, 3.05) is 0 Å². The van der Waals surface area contributed by atoms with E-state index in [-0.39, 0.29) is 21.5 Å². The molecule has 112 valence electrons. The Morgan fingerprint density at radius 1 is 1.05 bits per heavy atom. The molecule has 0 saturated heterocycles. The highest BCUT2D eigenvalue weighted by Gasteiger charge is 2.22. The monoisotopic (exact) mass is 320 g/mol. The van der Waals surface area contributed by atoms with Crippen LogP contribution < -0.4 is 0 Å². The second-order valence-corrected chi connectivity index (χ2v) is 6.35. The lowest BCUT2D eigenvalue weighted by atomic mass is 10.2. The van der Waals surface area contributed by atoms with E-state index in [4.69, 9.17) is 0 Å². The zero-order chi connectivity index (χ0) is 15.9. The van der Waals surface area contributed by atoms with Gasteiger partial charge in [-0.25, -0.2) is 16.8 Å². The third-order valence-electron chi connectivity index (χ3n) is 3.24. The van der Waals surface area contributed by atoms with Crippen LogP contribution in [0.3, 0.4) is 0 Å². The predicted molar refractivity (Wildman–Crippen MR) is 77.6 cm³/mol. The van der Waals surface area contributed by atoms with Crippen molar-refractivity contribution < 1.29 is 17.7 Å². The van der Waals surface area contributed by atoms with Crippen LogP contribution in [0.5, 0.6) is 0 Å². The number of nitrogens with zero attached hydrogens (tertiary/aromatic N) is 2. The van der Waals surface area contributed by atoms with Crippen LogP contribution in [-0.4, -0.2) is 17.3 Å². The maximum absolute atomic E-state index is 12.9. The maximum Gasteiger partial charge on any atom is 0.278 e. The van der Waals surface area contributed by atoms with Gasteiger partial charge in [-0.15, -0.1) is 0 Å². The van der Waals surface area contributed by atoms with Gasteiger partial charge in [0.1, 0.15) is 5.82 Å². The summed E-state index contributed by atoms with van der Waals surface area (Å²) in [7, 11) is -3.95. The fourth-order valence-corrected chi connectivity index (χ4v) is 3.56. The highest BCUT2D eigenvalue weighted by atomic mass is 32.2. The molecule has 0 bridgehead atoms. The normalized spacial score (nSPS) is 11.7. The summed E-state index contributed by atoms with van der Waals surface area (Å²) in [6.45, 7) is 0. The summed E-state index contributed by atoms with van der Waals surface area (Å²) in [5.74, 6) is -0.549. The van der Waals surface area contributed by atoms with Gasteiger partial charge in [-0.2, -0.15) is 0 Å². The van der Waals surface area contributed by atoms with E-state index in [1.807, 2.05) is 0 Å². The van der Waals surface area contributed by atoms with Gasteiger partial charge in [0.2, 0.25) is 0 Å². The molecular formula is C14H9FN2O4S. The molecule has 6 nitrogen and oxygen atoms in total. The summed E-state index contributed by atoms with van der Waals surface area (Å²) in [6.07, 6.45) is 1.25. The molecule has 0 unspecified atom stereocenters. The third-order valence-corrected chi connectivity index (χ3v) is 4.95. The van der Waals surface area contributed by atoms with Gasteiger partial charge < -0.3 is 0 Å². The first-order valence-corrected chi connectivity index (χ1v) is 7.61. The summed E-state index contributed by atoms with van der Waals surface area (Å²) >= 11 is 0. The Hall–Kier alpha value is -2.74. The van der Waals surface area contributed by atoms with Gasteiger partial charge in [0.15, 0.2) is 0 Å². The molecule has 0 radical (unpaired) electrons. The standard InChI is InChI=1S/C14H9FN2O4S/c15-10-4-6-11(7-5-10)22(20,21)16-9-8-12-13(16)2-1-3-14(12)17(18)19/h1-9H. The van der Waals surface area contributed by atoms with Crippen molar-refractivity contribution in [2.45, 2.75) is 4.90 Å². The second-order valence-electron chi connectivity index (χ2n) is 4.54. The van der Waals surface area contributed by atoms with E-state index < -0.39 is 20.8 Å². The number of hydrogen-bond donors (Lipinski definition) is 0. The number of fused-ring (bicyclic) bond motifs is 1. The first-order valence-electron chi connectivity index (χ1n) is 6.17. The lowest BCUT2D eigenvalue weighted by molar-refractivity contribution is -0.383. The van der Waals surface area contributed by atoms with Crippen molar-refractivity contribution in [2.24, 2.45) is 0 Å². The molecule has 22 heavy (non-hydrogen) atoms. The zero-order valence-electron chi connectivity index (χ0n) is 11.0. The minimum absolute atomic E-state index is 0.0992. The van der Waals surface area contributed by atoms with Gasteiger partial charge in [-0.3, -0.25) is 10.1 Å². The van der Waals surface area contributed by atoms with Gasteiger partial charge in [-0.1, -0.05) is 6.07 Å². The van der Waals surface area contributed by atoms with Crippen LogP contribution in [0, 0.1) is 15.9 Å². The number of aromatic nitrogens is 1. The van der Waals surface area contributed by atoms with E-state index in [1.165, 1.54) is 30.5 Å². The topological polar surface area (TPSA) is 82.2 Å². The summed E-state index contributed by atoms with van der Waals surface area (Å²) < 4.78 is 39.0. The van der Waals surface area contributed by atoms with Crippen LogP contribution >= 0.6 is 0 Å². The Bertz CT molecular complexity index is 978. The molecule has 1 aromatic heterocycles. The minimum atomic E-state index is -3.95. The summed E-state index contributed by atoms with van der Waals surface area (Å²) in [5.41, 5.74) is 0.0177. The van der Waals surface area contributed by atoms with Crippen molar-refractivity contribution in [3.05, 3.63) is 70.7 Å². The number of hydrogen-bond acceptors (Lipinski definition) is 4. The van der Waals surface area contributed by atoms with Crippen molar-refractivity contribution in [3.8, 4) is 0 Å². The van der Waals surface area contributed by atoms with Crippen molar-refractivity contribution in [1.82, 2.24) is 3.97 Å². The Balaban J connectivity index is 2.24. The van der Waals surface area contributed by atoms with Crippen molar-refractivity contribution >= 4 is 26.6 Å². The smallest absolute Gasteiger partial charge is 0.258 e.